The lowest BCUT2D eigenvalue weighted by Gasteiger charge is -2.36. The zero-order chi connectivity index (χ0) is 17.0. The number of carbonyl (C=O) groups excluding carboxylic acids is 1. The van der Waals surface area contributed by atoms with Crippen LogP contribution in [-0.2, 0) is 14.3 Å². The highest BCUT2D eigenvalue weighted by Gasteiger charge is 2.47. The molecule has 0 spiro atoms. The number of carboxylic acid groups (broad SMARTS) is 1. The van der Waals surface area contributed by atoms with Crippen molar-refractivity contribution in [1.82, 2.24) is 0 Å². The Kier molecular flexibility index (Phi) is 6.45. The Bertz CT molecular complexity index is 396. The minimum absolute atomic E-state index is 0.272. The third-order valence-corrected chi connectivity index (χ3v) is 4.80. The molecule has 0 saturated heterocycles. The second kappa shape index (κ2) is 7.47. The molecule has 1 saturated carbocycles. The van der Waals surface area contributed by atoms with Gasteiger partial charge in [0.15, 0.2) is 0 Å². The van der Waals surface area contributed by atoms with E-state index in [0.29, 0.717) is 25.4 Å². The van der Waals surface area contributed by atoms with Crippen molar-refractivity contribution in [3.05, 3.63) is 0 Å². The van der Waals surface area contributed by atoms with Crippen molar-refractivity contribution in [2.45, 2.75) is 73.1 Å². The summed E-state index contributed by atoms with van der Waals surface area (Å²) in [7, 11) is 0. The smallest absolute Gasteiger partial charge is 0.310 e. The van der Waals surface area contributed by atoms with E-state index in [1.165, 1.54) is 0 Å². The van der Waals surface area contributed by atoms with E-state index in [4.69, 9.17) is 4.74 Å². The van der Waals surface area contributed by atoms with Gasteiger partial charge in [0.1, 0.15) is 0 Å². The molecule has 3 atom stereocenters. The predicted molar refractivity (Wildman–Crippen MR) is 86.5 cm³/mol. The van der Waals surface area contributed by atoms with E-state index in [0.717, 1.165) is 25.7 Å². The Morgan fingerprint density at radius 2 is 1.95 bits per heavy atom. The number of hydrogen-bond acceptors (Lipinski definition) is 3. The summed E-state index contributed by atoms with van der Waals surface area (Å²) < 4.78 is 5.41. The fourth-order valence-electron chi connectivity index (χ4n) is 3.58. The molecule has 4 nitrogen and oxygen atoms in total. The van der Waals surface area contributed by atoms with Crippen LogP contribution >= 0.6 is 0 Å². The highest BCUT2D eigenvalue weighted by atomic mass is 16.5. The van der Waals surface area contributed by atoms with Crippen LogP contribution < -0.4 is 0 Å². The van der Waals surface area contributed by atoms with Crippen molar-refractivity contribution in [1.29, 1.82) is 0 Å². The molecule has 1 rings (SSSR count). The van der Waals surface area contributed by atoms with Crippen LogP contribution in [0.1, 0.15) is 73.1 Å². The van der Waals surface area contributed by atoms with Crippen molar-refractivity contribution in [2.75, 3.05) is 6.61 Å². The Morgan fingerprint density at radius 1 is 1.32 bits per heavy atom. The molecule has 0 aliphatic heterocycles. The first kappa shape index (κ1) is 19.0. The van der Waals surface area contributed by atoms with Crippen molar-refractivity contribution >= 4 is 11.9 Å². The van der Waals surface area contributed by atoms with Gasteiger partial charge < -0.3 is 9.84 Å². The minimum Gasteiger partial charge on any atom is -0.481 e. The first-order chi connectivity index (χ1) is 10.1. The molecule has 1 aliphatic rings. The largest absolute Gasteiger partial charge is 0.481 e. The highest BCUT2D eigenvalue weighted by molar-refractivity contribution is 5.84. The topological polar surface area (TPSA) is 63.6 Å². The van der Waals surface area contributed by atoms with Crippen LogP contribution in [0, 0.1) is 22.7 Å². The predicted octanol–water partition coefficient (Wildman–Crippen LogP) is 4.27. The van der Waals surface area contributed by atoms with Gasteiger partial charge in [-0.05, 0) is 43.9 Å². The number of hydrogen-bond donors (Lipinski definition) is 1. The quantitative estimate of drug-likeness (QED) is 0.744. The van der Waals surface area contributed by atoms with E-state index in [9.17, 15) is 14.7 Å². The van der Waals surface area contributed by atoms with Crippen LogP contribution in [0.2, 0.25) is 0 Å². The Hall–Kier alpha value is -1.06. The second-order valence-corrected chi connectivity index (χ2v) is 8.35. The zero-order valence-corrected chi connectivity index (χ0v) is 14.8. The second-order valence-electron chi connectivity index (χ2n) is 8.35. The molecule has 1 aliphatic carbocycles. The molecule has 0 amide bonds. The van der Waals surface area contributed by atoms with Gasteiger partial charge >= 0.3 is 11.9 Å². The number of ether oxygens (including phenoxy) is 1. The number of carboxylic acids is 1. The standard InChI is InChI=1S/C18H32O4/c1-13(12-17(2,3)4)9-11-22-15(19)14-8-6-7-10-18(14,5)16(20)21/h13-14H,6-12H2,1-5H3,(H,20,21). The summed E-state index contributed by atoms with van der Waals surface area (Å²) >= 11 is 0. The van der Waals surface area contributed by atoms with Crippen LogP contribution in [0.5, 0.6) is 0 Å². The maximum absolute atomic E-state index is 12.3. The minimum atomic E-state index is -0.966. The molecule has 4 heteroatoms. The lowest BCUT2D eigenvalue weighted by atomic mass is 9.67. The van der Waals surface area contributed by atoms with Gasteiger partial charge in [-0.3, -0.25) is 9.59 Å². The normalized spacial score (nSPS) is 27.2. The molecular formula is C18H32O4. The van der Waals surface area contributed by atoms with Gasteiger partial charge in [-0.2, -0.15) is 0 Å². The van der Waals surface area contributed by atoms with Crippen LogP contribution in [-0.4, -0.2) is 23.7 Å². The molecule has 0 heterocycles. The molecule has 0 bridgehead atoms. The van der Waals surface area contributed by atoms with E-state index in [2.05, 4.69) is 27.7 Å². The van der Waals surface area contributed by atoms with E-state index >= 15 is 0 Å². The molecular weight excluding hydrogens is 280 g/mol. The Balaban J connectivity index is 2.49. The summed E-state index contributed by atoms with van der Waals surface area (Å²) in [5, 5.41) is 9.45. The van der Waals surface area contributed by atoms with E-state index in [-0.39, 0.29) is 11.4 Å². The van der Waals surface area contributed by atoms with Crippen LogP contribution in [0.4, 0.5) is 0 Å². The summed E-state index contributed by atoms with van der Waals surface area (Å²) in [6, 6.07) is 0. The van der Waals surface area contributed by atoms with Gasteiger partial charge in [0.05, 0.1) is 17.9 Å². The number of rotatable bonds is 6. The van der Waals surface area contributed by atoms with Crippen molar-refractivity contribution in [3.63, 3.8) is 0 Å². The van der Waals surface area contributed by atoms with E-state index in [1.807, 2.05) is 0 Å². The molecule has 3 unspecified atom stereocenters. The maximum Gasteiger partial charge on any atom is 0.310 e. The number of carbonyl (C=O) groups is 2. The van der Waals surface area contributed by atoms with E-state index in [1.54, 1.807) is 6.92 Å². The zero-order valence-electron chi connectivity index (χ0n) is 14.8. The Morgan fingerprint density at radius 3 is 2.50 bits per heavy atom. The third-order valence-electron chi connectivity index (χ3n) is 4.80. The fourth-order valence-corrected chi connectivity index (χ4v) is 3.58. The molecule has 0 aromatic carbocycles. The maximum atomic E-state index is 12.3. The monoisotopic (exact) mass is 312 g/mol. The van der Waals surface area contributed by atoms with Crippen LogP contribution in [0.25, 0.3) is 0 Å². The molecule has 1 fully saturated rings. The molecule has 0 radical (unpaired) electrons. The molecule has 22 heavy (non-hydrogen) atoms. The summed E-state index contributed by atoms with van der Waals surface area (Å²) in [5.74, 6) is -1.22. The van der Waals surface area contributed by atoms with Crippen molar-refractivity contribution in [3.8, 4) is 0 Å². The molecule has 1 N–H and O–H groups in total. The summed E-state index contributed by atoms with van der Waals surface area (Å²) in [5.41, 5.74) is -0.693. The highest BCUT2D eigenvalue weighted by Crippen LogP contribution is 2.42. The van der Waals surface area contributed by atoms with Crippen molar-refractivity contribution in [2.24, 2.45) is 22.7 Å². The van der Waals surface area contributed by atoms with Gasteiger partial charge in [0.25, 0.3) is 0 Å². The lowest BCUT2D eigenvalue weighted by molar-refractivity contribution is -0.168. The first-order valence-electron chi connectivity index (χ1n) is 8.46. The van der Waals surface area contributed by atoms with E-state index < -0.39 is 17.3 Å². The van der Waals surface area contributed by atoms with Gasteiger partial charge in [0, 0.05) is 0 Å². The number of esters is 1. The fraction of sp³-hybridized carbons (Fsp3) is 0.889. The average molecular weight is 312 g/mol. The van der Waals surface area contributed by atoms with Crippen LogP contribution in [0.3, 0.4) is 0 Å². The first-order valence-corrected chi connectivity index (χ1v) is 8.46. The van der Waals surface area contributed by atoms with Crippen LogP contribution in [0.15, 0.2) is 0 Å². The summed E-state index contributed by atoms with van der Waals surface area (Å²) in [6.45, 7) is 10.9. The third kappa shape index (κ3) is 5.29. The average Bonchev–Trinajstić information content (AvgIpc) is 2.36. The SMILES string of the molecule is CC(CCOC(=O)C1CCCCC1(C)C(=O)O)CC(C)(C)C. The van der Waals surface area contributed by atoms with Gasteiger partial charge in [0.2, 0.25) is 0 Å². The summed E-state index contributed by atoms with van der Waals surface area (Å²) in [4.78, 5) is 23.8. The number of aliphatic carboxylic acids is 1. The molecule has 0 aromatic heterocycles. The summed E-state index contributed by atoms with van der Waals surface area (Å²) in [6.07, 6.45) is 4.88. The Labute approximate surface area is 134 Å². The van der Waals surface area contributed by atoms with Gasteiger partial charge in [-0.1, -0.05) is 40.5 Å². The van der Waals surface area contributed by atoms with Gasteiger partial charge in [-0.15, -0.1) is 0 Å². The van der Waals surface area contributed by atoms with Crippen molar-refractivity contribution < 1.29 is 19.4 Å². The van der Waals surface area contributed by atoms with Gasteiger partial charge in [-0.25, -0.2) is 0 Å². The molecule has 128 valence electrons. The lowest BCUT2D eigenvalue weighted by Crippen LogP contribution is -2.43. The molecule has 0 aromatic rings.